The number of halogens is 1. The molecule has 0 spiro atoms. The number of guanidine groups is 1. The first-order valence-electron chi connectivity index (χ1n) is 11.1. The highest BCUT2D eigenvalue weighted by Gasteiger charge is 2.31. The Morgan fingerprint density at radius 1 is 1.07 bits per heavy atom. The summed E-state index contributed by atoms with van der Waals surface area (Å²) < 4.78 is 0. The van der Waals surface area contributed by atoms with Crippen LogP contribution < -0.4 is 10.6 Å². The van der Waals surface area contributed by atoms with E-state index in [-0.39, 0.29) is 24.0 Å². The SMILES string of the molecule is CCNC(=NCC1CN2CCN1CC2)NC1CCCN(Cc2ccccc2)C1.I. The Kier molecular flexibility index (Phi) is 9.02. The fourth-order valence-corrected chi connectivity index (χ4v) is 4.77. The van der Waals surface area contributed by atoms with Crippen molar-refractivity contribution in [1.82, 2.24) is 25.3 Å². The summed E-state index contributed by atoms with van der Waals surface area (Å²) in [6, 6.07) is 11.9. The summed E-state index contributed by atoms with van der Waals surface area (Å²) in [6.45, 7) is 13.3. The summed E-state index contributed by atoms with van der Waals surface area (Å²) in [4.78, 5) is 12.7. The third-order valence-corrected chi connectivity index (χ3v) is 6.29. The number of piperidine rings is 1. The summed E-state index contributed by atoms with van der Waals surface area (Å²) in [7, 11) is 0. The summed E-state index contributed by atoms with van der Waals surface area (Å²) in [5, 5.41) is 7.19. The number of nitrogens with zero attached hydrogens (tertiary/aromatic N) is 4. The van der Waals surface area contributed by atoms with Crippen molar-refractivity contribution in [2.45, 2.75) is 38.4 Å². The molecular formula is C22H37IN6. The van der Waals surface area contributed by atoms with E-state index < -0.39 is 0 Å². The summed E-state index contributed by atoms with van der Waals surface area (Å²) >= 11 is 0. The molecule has 0 aromatic heterocycles. The Morgan fingerprint density at radius 2 is 1.86 bits per heavy atom. The van der Waals surface area contributed by atoms with Gasteiger partial charge in [0.1, 0.15) is 0 Å². The van der Waals surface area contributed by atoms with Gasteiger partial charge in [-0.15, -0.1) is 24.0 Å². The second kappa shape index (κ2) is 11.5. The van der Waals surface area contributed by atoms with E-state index in [1.807, 2.05) is 0 Å². The zero-order valence-corrected chi connectivity index (χ0v) is 20.1. The average Bonchev–Trinajstić information content (AvgIpc) is 2.74. The van der Waals surface area contributed by atoms with Crippen molar-refractivity contribution in [3.63, 3.8) is 0 Å². The average molecular weight is 512 g/mol. The van der Waals surface area contributed by atoms with Crippen molar-refractivity contribution in [1.29, 1.82) is 0 Å². The number of hydrogen-bond acceptors (Lipinski definition) is 4. The first kappa shape index (κ1) is 22.8. The molecule has 4 fully saturated rings. The predicted octanol–water partition coefficient (Wildman–Crippen LogP) is 1.82. The zero-order chi connectivity index (χ0) is 19.2. The normalized spacial score (nSPS) is 29.9. The molecule has 4 saturated heterocycles. The van der Waals surface area contributed by atoms with Crippen LogP contribution in [-0.4, -0.2) is 91.6 Å². The van der Waals surface area contributed by atoms with E-state index in [9.17, 15) is 0 Å². The zero-order valence-electron chi connectivity index (χ0n) is 17.7. The van der Waals surface area contributed by atoms with Gasteiger partial charge in [-0.2, -0.15) is 0 Å². The third-order valence-electron chi connectivity index (χ3n) is 6.29. The highest BCUT2D eigenvalue weighted by Crippen LogP contribution is 2.16. The van der Waals surface area contributed by atoms with E-state index in [1.54, 1.807) is 0 Å². The Morgan fingerprint density at radius 3 is 2.55 bits per heavy atom. The molecule has 4 aliphatic rings. The lowest BCUT2D eigenvalue weighted by Gasteiger charge is -2.47. The molecule has 162 valence electrons. The second-order valence-corrected chi connectivity index (χ2v) is 8.41. The van der Waals surface area contributed by atoms with Crippen LogP contribution in [0, 0.1) is 0 Å². The molecule has 0 saturated carbocycles. The maximum absolute atomic E-state index is 4.97. The number of aliphatic imine (C=N–C) groups is 1. The van der Waals surface area contributed by atoms with E-state index in [0.717, 1.165) is 32.1 Å². The Bertz CT molecular complexity index is 631. The fourth-order valence-electron chi connectivity index (χ4n) is 4.77. The number of nitrogens with one attached hydrogen (secondary N) is 2. The van der Waals surface area contributed by atoms with Gasteiger partial charge in [-0.3, -0.25) is 19.7 Å². The number of fused-ring (bicyclic) bond motifs is 3. The van der Waals surface area contributed by atoms with E-state index in [1.165, 1.54) is 57.7 Å². The predicted molar refractivity (Wildman–Crippen MR) is 131 cm³/mol. The fraction of sp³-hybridized carbons (Fsp3) is 0.682. The van der Waals surface area contributed by atoms with Crippen molar-refractivity contribution in [3.05, 3.63) is 35.9 Å². The molecule has 2 bridgehead atoms. The standard InChI is InChI=1S/C22H36N6.HI/c1-2-23-22(24-15-21-18-26-11-13-28(21)14-12-26)25-20-9-6-10-27(17-20)16-19-7-4-3-5-8-19;/h3-5,7-8,20-21H,2,6,9-18H2,1H3,(H2,23,24,25);1H. The van der Waals surface area contributed by atoms with Crippen LogP contribution in [-0.2, 0) is 6.54 Å². The molecule has 29 heavy (non-hydrogen) atoms. The first-order valence-corrected chi connectivity index (χ1v) is 11.1. The van der Waals surface area contributed by atoms with Gasteiger partial charge in [-0.25, -0.2) is 0 Å². The topological polar surface area (TPSA) is 46.1 Å². The molecule has 4 heterocycles. The molecule has 2 unspecified atom stereocenters. The highest BCUT2D eigenvalue weighted by atomic mass is 127. The molecule has 2 atom stereocenters. The minimum absolute atomic E-state index is 0. The minimum Gasteiger partial charge on any atom is -0.357 e. The van der Waals surface area contributed by atoms with E-state index in [0.29, 0.717) is 12.1 Å². The smallest absolute Gasteiger partial charge is 0.191 e. The largest absolute Gasteiger partial charge is 0.357 e. The molecule has 2 N–H and O–H groups in total. The van der Waals surface area contributed by atoms with Crippen LogP contribution in [0.25, 0.3) is 0 Å². The summed E-state index contributed by atoms with van der Waals surface area (Å²) in [5.41, 5.74) is 1.40. The molecule has 7 heteroatoms. The van der Waals surface area contributed by atoms with Gasteiger partial charge in [-0.1, -0.05) is 30.3 Å². The molecule has 4 aliphatic heterocycles. The maximum Gasteiger partial charge on any atom is 0.191 e. The van der Waals surface area contributed by atoms with Gasteiger partial charge >= 0.3 is 0 Å². The third kappa shape index (κ3) is 6.54. The quantitative estimate of drug-likeness (QED) is 0.346. The number of rotatable bonds is 6. The Hall–Kier alpha value is -0.900. The van der Waals surface area contributed by atoms with Crippen LogP contribution >= 0.6 is 24.0 Å². The van der Waals surface area contributed by atoms with Gasteiger partial charge in [0.2, 0.25) is 0 Å². The Labute approximate surface area is 193 Å². The van der Waals surface area contributed by atoms with Crippen LogP contribution in [0.5, 0.6) is 0 Å². The number of piperazine rings is 3. The molecule has 0 radical (unpaired) electrons. The monoisotopic (exact) mass is 512 g/mol. The van der Waals surface area contributed by atoms with Crippen molar-refractivity contribution in [2.75, 3.05) is 58.9 Å². The Balaban J connectivity index is 0.00000240. The van der Waals surface area contributed by atoms with Crippen molar-refractivity contribution in [2.24, 2.45) is 4.99 Å². The van der Waals surface area contributed by atoms with Crippen LogP contribution in [0.2, 0.25) is 0 Å². The number of likely N-dealkylation sites (tertiary alicyclic amines) is 1. The maximum atomic E-state index is 4.97. The van der Waals surface area contributed by atoms with Gasteiger partial charge in [0, 0.05) is 64.4 Å². The molecule has 0 aliphatic carbocycles. The van der Waals surface area contributed by atoms with Crippen molar-refractivity contribution >= 4 is 29.9 Å². The van der Waals surface area contributed by atoms with Crippen LogP contribution in [0.15, 0.2) is 35.3 Å². The lowest BCUT2D eigenvalue weighted by Crippen LogP contribution is -2.62. The van der Waals surface area contributed by atoms with Crippen LogP contribution in [0.4, 0.5) is 0 Å². The lowest BCUT2D eigenvalue weighted by atomic mass is 10.0. The van der Waals surface area contributed by atoms with E-state index in [2.05, 4.69) is 62.6 Å². The van der Waals surface area contributed by atoms with Gasteiger partial charge in [0.15, 0.2) is 5.96 Å². The van der Waals surface area contributed by atoms with Crippen molar-refractivity contribution in [3.8, 4) is 0 Å². The van der Waals surface area contributed by atoms with E-state index in [4.69, 9.17) is 4.99 Å². The summed E-state index contributed by atoms with van der Waals surface area (Å²) in [6.07, 6.45) is 2.47. The molecule has 1 aromatic rings. The van der Waals surface area contributed by atoms with Gasteiger partial charge in [0.05, 0.1) is 6.54 Å². The van der Waals surface area contributed by atoms with E-state index >= 15 is 0 Å². The van der Waals surface area contributed by atoms with Gasteiger partial charge < -0.3 is 10.6 Å². The molecular weight excluding hydrogens is 475 g/mol. The lowest BCUT2D eigenvalue weighted by molar-refractivity contribution is 0.0174. The first-order chi connectivity index (χ1) is 13.8. The van der Waals surface area contributed by atoms with Crippen LogP contribution in [0.1, 0.15) is 25.3 Å². The van der Waals surface area contributed by atoms with Gasteiger partial charge in [-0.05, 0) is 31.9 Å². The summed E-state index contributed by atoms with van der Waals surface area (Å²) in [5.74, 6) is 0.992. The number of benzene rings is 1. The van der Waals surface area contributed by atoms with Crippen molar-refractivity contribution < 1.29 is 0 Å². The van der Waals surface area contributed by atoms with Gasteiger partial charge in [0.25, 0.3) is 0 Å². The molecule has 6 nitrogen and oxygen atoms in total. The molecule has 1 aromatic carbocycles. The minimum atomic E-state index is 0. The van der Waals surface area contributed by atoms with Crippen LogP contribution in [0.3, 0.4) is 0 Å². The molecule has 5 rings (SSSR count). The number of hydrogen-bond donors (Lipinski definition) is 2. The molecule has 0 amide bonds. The highest BCUT2D eigenvalue weighted by molar-refractivity contribution is 14.0. The second-order valence-electron chi connectivity index (χ2n) is 8.41.